The van der Waals surface area contributed by atoms with Crippen molar-refractivity contribution in [2.24, 2.45) is 0 Å². The Morgan fingerprint density at radius 3 is 2.65 bits per heavy atom. The van der Waals surface area contributed by atoms with Gasteiger partial charge in [-0.05, 0) is 12.8 Å². The van der Waals surface area contributed by atoms with Crippen LogP contribution in [-0.4, -0.2) is 59.5 Å². The second kappa shape index (κ2) is 7.84. The van der Waals surface area contributed by atoms with Crippen molar-refractivity contribution in [3.8, 4) is 0 Å². The number of carboxylic acid groups (broad SMARTS) is 1. The fraction of sp³-hybridized carbons (Fsp3) is 0.769. The number of piperazine rings is 1. The Balaban J connectivity index is 2.60. The molecule has 3 N–H and O–H groups in total. The van der Waals surface area contributed by atoms with E-state index in [1.54, 1.807) is 4.90 Å². The molecule has 7 heteroatoms. The molecule has 1 atom stereocenters. The fourth-order valence-electron chi connectivity index (χ4n) is 2.29. The molecule has 1 unspecified atom stereocenters. The van der Waals surface area contributed by atoms with Crippen molar-refractivity contribution in [1.29, 1.82) is 0 Å². The summed E-state index contributed by atoms with van der Waals surface area (Å²) in [4.78, 5) is 36.1. The number of nitrogens with one attached hydrogen (secondary N) is 2. The molecular weight excluding hydrogens is 262 g/mol. The second-order valence-corrected chi connectivity index (χ2v) is 4.96. The maximum Gasteiger partial charge on any atom is 0.305 e. The van der Waals surface area contributed by atoms with E-state index in [9.17, 15) is 14.4 Å². The van der Waals surface area contributed by atoms with E-state index in [2.05, 4.69) is 10.6 Å². The number of carbonyl (C=O) groups excluding carboxylic acids is 2. The van der Waals surface area contributed by atoms with Gasteiger partial charge in [0.2, 0.25) is 11.8 Å². The summed E-state index contributed by atoms with van der Waals surface area (Å²) in [6, 6.07) is -0.646. The van der Waals surface area contributed by atoms with Crippen molar-refractivity contribution in [1.82, 2.24) is 15.5 Å². The van der Waals surface area contributed by atoms with Crippen LogP contribution in [-0.2, 0) is 14.4 Å². The smallest absolute Gasteiger partial charge is 0.305 e. The highest BCUT2D eigenvalue weighted by Gasteiger charge is 2.32. The first-order valence-corrected chi connectivity index (χ1v) is 7.00. The third-order valence-electron chi connectivity index (χ3n) is 3.51. The first-order valence-electron chi connectivity index (χ1n) is 7.00. The lowest BCUT2D eigenvalue weighted by atomic mass is 10.1. The van der Waals surface area contributed by atoms with Gasteiger partial charge in [0, 0.05) is 19.1 Å². The largest absolute Gasteiger partial charge is 0.481 e. The van der Waals surface area contributed by atoms with Gasteiger partial charge in [0.1, 0.15) is 6.04 Å². The van der Waals surface area contributed by atoms with Gasteiger partial charge in [-0.25, -0.2) is 0 Å². The van der Waals surface area contributed by atoms with E-state index in [1.165, 1.54) is 0 Å². The number of aliphatic carboxylic acids is 1. The van der Waals surface area contributed by atoms with Gasteiger partial charge in [-0.1, -0.05) is 13.8 Å². The summed E-state index contributed by atoms with van der Waals surface area (Å²) in [5, 5.41) is 14.4. The Hall–Kier alpha value is -1.63. The van der Waals surface area contributed by atoms with Crippen molar-refractivity contribution in [3.63, 3.8) is 0 Å². The third kappa shape index (κ3) is 4.80. The first kappa shape index (κ1) is 16.4. The van der Waals surface area contributed by atoms with Crippen LogP contribution >= 0.6 is 0 Å². The van der Waals surface area contributed by atoms with Crippen LogP contribution in [0.4, 0.5) is 0 Å². The van der Waals surface area contributed by atoms with Crippen LogP contribution in [0.25, 0.3) is 0 Å². The summed E-state index contributed by atoms with van der Waals surface area (Å²) < 4.78 is 0. The molecule has 20 heavy (non-hydrogen) atoms. The van der Waals surface area contributed by atoms with Crippen molar-refractivity contribution >= 4 is 17.8 Å². The highest BCUT2D eigenvalue weighted by molar-refractivity contribution is 5.87. The normalized spacial score (nSPS) is 19.8. The zero-order valence-electron chi connectivity index (χ0n) is 12.0. The average Bonchev–Trinajstić information content (AvgIpc) is 2.39. The van der Waals surface area contributed by atoms with Gasteiger partial charge in [0.05, 0.1) is 13.0 Å². The number of hydrogen-bond donors (Lipinski definition) is 3. The van der Waals surface area contributed by atoms with Crippen LogP contribution in [0.2, 0.25) is 0 Å². The second-order valence-electron chi connectivity index (χ2n) is 4.96. The third-order valence-corrected chi connectivity index (χ3v) is 3.51. The highest BCUT2D eigenvalue weighted by Crippen LogP contribution is 2.09. The lowest BCUT2D eigenvalue weighted by Crippen LogP contribution is -2.58. The summed E-state index contributed by atoms with van der Waals surface area (Å²) in [5.74, 6) is -1.53. The number of carbonyl (C=O) groups is 3. The summed E-state index contributed by atoms with van der Waals surface area (Å²) in [6.07, 6.45) is 1.41. The van der Waals surface area contributed by atoms with E-state index >= 15 is 0 Å². The fourth-order valence-corrected chi connectivity index (χ4v) is 2.29. The number of carboxylic acids is 1. The monoisotopic (exact) mass is 285 g/mol. The SMILES string of the molecule is CCC(CC)NC(=O)CN1CCNC(=O)C1CC(=O)O. The van der Waals surface area contributed by atoms with Crippen molar-refractivity contribution in [2.45, 2.75) is 45.2 Å². The van der Waals surface area contributed by atoms with E-state index in [0.717, 1.165) is 12.8 Å². The minimum absolute atomic E-state index is 0.0574. The molecule has 0 radical (unpaired) electrons. The van der Waals surface area contributed by atoms with Gasteiger partial charge in [0.25, 0.3) is 0 Å². The number of rotatable bonds is 7. The standard InChI is InChI=1S/C13H23N3O4/c1-3-9(4-2)15-11(17)8-16-6-5-14-13(20)10(16)7-12(18)19/h9-10H,3-8H2,1-2H3,(H,14,20)(H,15,17)(H,18,19). The molecule has 1 rings (SSSR count). The Morgan fingerprint density at radius 2 is 2.10 bits per heavy atom. The van der Waals surface area contributed by atoms with E-state index in [1.807, 2.05) is 13.8 Å². The lowest BCUT2D eigenvalue weighted by Gasteiger charge is -2.33. The number of amides is 2. The summed E-state index contributed by atoms with van der Waals surface area (Å²) in [5.41, 5.74) is 0. The predicted octanol–water partition coefficient (Wildman–Crippen LogP) is -0.434. The Labute approximate surface area is 118 Å². The van der Waals surface area contributed by atoms with Gasteiger partial charge in [0.15, 0.2) is 0 Å². The van der Waals surface area contributed by atoms with E-state index in [-0.39, 0.29) is 30.8 Å². The van der Waals surface area contributed by atoms with Crippen LogP contribution < -0.4 is 10.6 Å². The van der Waals surface area contributed by atoms with Crippen LogP contribution in [0, 0.1) is 0 Å². The van der Waals surface area contributed by atoms with Gasteiger partial charge in [-0.15, -0.1) is 0 Å². The molecule has 0 bridgehead atoms. The molecular formula is C13H23N3O4. The average molecular weight is 285 g/mol. The van der Waals surface area contributed by atoms with Crippen LogP contribution in [0.5, 0.6) is 0 Å². The zero-order valence-corrected chi connectivity index (χ0v) is 12.0. The summed E-state index contributed by atoms with van der Waals surface area (Å²) in [7, 11) is 0. The molecule has 0 saturated carbocycles. The molecule has 0 aromatic heterocycles. The molecule has 1 fully saturated rings. The van der Waals surface area contributed by atoms with E-state index in [4.69, 9.17) is 5.11 Å². The molecule has 0 spiro atoms. The van der Waals surface area contributed by atoms with Gasteiger partial charge >= 0.3 is 5.97 Å². The van der Waals surface area contributed by atoms with Gasteiger partial charge in [-0.2, -0.15) is 0 Å². The molecule has 0 aromatic carbocycles. The quantitative estimate of drug-likeness (QED) is 0.589. The molecule has 2 amide bonds. The topological polar surface area (TPSA) is 98.7 Å². The van der Waals surface area contributed by atoms with E-state index < -0.39 is 12.0 Å². The molecule has 0 aromatic rings. The molecule has 1 aliphatic heterocycles. The maximum absolute atomic E-state index is 11.9. The van der Waals surface area contributed by atoms with Crippen molar-refractivity contribution in [3.05, 3.63) is 0 Å². The number of nitrogens with zero attached hydrogens (tertiary/aromatic N) is 1. The van der Waals surface area contributed by atoms with E-state index in [0.29, 0.717) is 13.1 Å². The molecule has 114 valence electrons. The molecule has 7 nitrogen and oxygen atoms in total. The summed E-state index contributed by atoms with van der Waals surface area (Å²) >= 11 is 0. The minimum Gasteiger partial charge on any atom is -0.481 e. The number of hydrogen-bond acceptors (Lipinski definition) is 4. The minimum atomic E-state index is -1.04. The summed E-state index contributed by atoms with van der Waals surface area (Å²) in [6.45, 7) is 4.97. The molecule has 1 heterocycles. The van der Waals surface area contributed by atoms with Crippen LogP contribution in [0.15, 0.2) is 0 Å². The first-order chi connectivity index (χ1) is 9.47. The van der Waals surface area contributed by atoms with Crippen molar-refractivity contribution in [2.75, 3.05) is 19.6 Å². The highest BCUT2D eigenvalue weighted by atomic mass is 16.4. The Morgan fingerprint density at radius 1 is 1.45 bits per heavy atom. The Kier molecular flexibility index (Phi) is 6.44. The van der Waals surface area contributed by atoms with Crippen LogP contribution in [0.3, 0.4) is 0 Å². The van der Waals surface area contributed by atoms with Crippen LogP contribution in [0.1, 0.15) is 33.1 Å². The predicted molar refractivity (Wildman–Crippen MR) is 73.1 cm³/mol. The molecule has 1 saturated heterocycles. The molecule has 1 aliphatic rings. The zero-order chi connectivity index (χ0) is 15.1. The van der Waals surface area contributed by atoms with Crippen molar-refractivity contribution < 1.29 is 19.5 Å². The maximum atomic E-state index is 11.9. The van der Waals surface area contributed by atoms with Gasteiger partial charge in [-0.3, -0.25) is 19.3 Å². The lowest BCUT2D eigenvalue weighted by molar-refractivity contribution is -0.144. The Bertz CT molecular complexity index is 369. The molecule has 0 aliphatic carbocycles. The van der Waals surface area contributed by atoms with Gasteiger partial charge < -0.3 is 15.7 Å².